The molecule has 0 aliphatic heterocycles. The summed E-state index contributed by atoms with van der Waals surface area (Å²) in [7, 11) is 0. The third-order valence-electron chi connectivity index (χ3n) is 4.50. The van der Waals surface area contributed by atoms with Gasteiger partial charge in [0.25, 0.3) is 11.8 Å². The SMILES string of the molecule is CC(C)Oc1ccc(Br)cc1C(=O)Nc1ccc(NC(=O)c2cc(Br)ccc2OC(C)C)cc1. The number of amides is 2. The average Bonchev–Trinajstić information content (AvgIpc) is 2.76. The molecule has 0 unspecified atom stereocenters. The van der Waals surface area contributed by atoms with E-state index in [9.17, 15) is 9.59 Å². The molecule has 178 valence electrons. The van der Waals surface area contributed by atoms with Gasteiger partial charge < -0.3 is 20.1 Å². The van der Waals surface area contributed by atoms with Crippen LogP contribution in [0.4, 0.5) is 11.4 Å². The van der Waals surface area contributed by atoms with Crippen molar-refractivity contribution in [1.82, 2.24) is 0 Å². The molecule has 2 N–H and O–H groups in total. The highest BCUT2D eigenvalue weighted by molar-refractivity contribution is 9.10. The van der Waals surface area contributed by atoms with E-state index < -0.39 is 0 Å². The third kappa shape index (κ3) is 7.08. The van der Waals surface area contributed by atoms with Crippen molar-refractivity contribution in [1.29, 1.82) is 0 Å². The fourth-order valence-corrected chi connectivity index (χ4v) is 3.83. The van der Waals surface area contributed by atoms with E-state index in [-0.39, 0.29) is 24.0 Å². The van der Waals surface area contributed by atoms with Gasteiger partial charge in [0.2, 0.25) is 0 Å². The smallest absolute Gasteiger partial charge is 0.259 e. The fourth-order valence-electron chi connectivity index (χ4n) is 3.11. The molecule has 3 aromatic carbocycles. The molecule has 0 aromatic heterocycles. The van der Waals surface area contributed by atoms with Crippen molar-refractivity contribution in [3.63, 3.8) is 0 Å². The van der Waals surface area contributed by atoms with Gasteiger partial charge in [-0.15, -0.1) is 0 Å². The zero-order valence-electron chi connectivity index (χ0n) is 19.3. The second kappa shape index (κ2) is 11.5. The van der Waals surface area contributed by atoms with Crippen LogP contribution in [0.5, 0.6) is 11.5 Å². The van der Waals surface area contributed by atoms with E-state index in [0.29, 0.717) is 34.0 Å². The van der Waals surface area contributed by atoms with Crippen LogP contribution in [0.25, 0.3) is 0 Å². The maximum absolute atomic E-state index is 12.9. The summed E-state index contributed by atoms with van der Waals surface area (Å²) in [5, 5.41) is 5.74. The van der Waals surface area contributed by atoms with Crippen LogP contribution < -0.4 is 20.1 Å². The van der Waals surface area contributed by atoms with Gasteiger partial charge in [0.05, 0.1) is 23.3 Å². The quantitative estimate of drug-likeness (QED) is 0.289. The Morgan fingerprint density at radius 3 is 1.32 bits per heavy atom. The zero-order valence-corrected chi connectivity index (χ0v) is 22.5. The minimum atomic E-state index is -0.293. The van der Waals surface area contributed by atoms with E-state index in [1.165, 1.54) is 0 Å². The third-order valence-corrected chi connectivity index (χ3v) is 5.48. The van der Waals surface area contributed by atoms with E-state index in [0.717, 1.165) is 8.95 Å². The number of nitrogens with one attached hydrogen (secondary N) is 2. The molecule has 6 nitrogen and oxygen atoms in total. The maximum atomic E-state index is 12.9. The number of benzene rings is 3. The Labute approximate surface area is 216 Å². The molecule has 0 bridgehead atoms. The molecule has 0 aliphatic carbocycles. The number of ether oxygens (including phenoxy) is 2. The lowest BCUT2D eigenvalue weighted by atomic mass is 10.1. The van der Waals surface area contributed by atoms with Crippen LogP contribution >= 0.6 is 31.9 Å². The second-order valence-electron chi connectivity index (χ2n) is 8.10. The van der Waals surface area contributed by atoms with Crippen LogP contribution in [0.2, 0.25) is 0 Å². The Hall–Kier alpha value is -2.84. The molecule has 0 fully saturated rings. The van der Waals surface area contributed by atoms with Crippen molar-refractivity contribution in [3.8, 4) is 11.5 Å². The Kier molecular flexibility index (Phi) is 8.74. The van der Waals surface area contributed by atoms with Crippen molar-refractivity contribution in [2.45, 2.75) is 39.9 Å². The average molecular weight is 590 g/mol. The van der Waals surface area contributed by atoms with Gasteiger partial charge in [0.15, 0.2) is 0 Å². The van der Waals surface area contributed by atoms with Crippen LogP contribution in [0.15, 0.2) is 69.6 Å². The van der Waals surface area contributed by atoms with Crippen LogP contribution in [-0.2, 0) is 0 Å². The Bertz CT molecular complexity index is 1090. The van der Waals surface area contributed by atoms with Gasteiger partial charge in [-0.2, -0.15) is 0 Å². The van der Waals surface area contributed by atoms with Crippen molar-refractivity contribution in [2.24, 2.45) is 0 Å². The number of anilines is 2. The summed E-state index contributed by atoms with van der Waals surface area (Å²) in [4.78, 5) is 25.7. The van der Waals surface area contributed by atoms with Crippen molar-refractivity contribution >= 4 is 55.0 Å². The largest absolute Gasteiger partial charge is 0.490 e. The first kappa shape index (κ1) is 25.8. The molecule has 0 heterocycles. The van der Waals surface area contributed by atoms with Gasteiger partial charge in [0, 0.05) is 20.3 Å². The summed E-state index contributed by atoms with van der Waals surface area (Å²) in [6, 6.07) is 17.5. The topological polar surface area (TPSA) is 76.7 Å². The number of halogens is 2. The monoisotopic (exact) mass is 588 g/mol. The van der Waals surface area contributed by atoms with Crippen molar-refractivity contribution in [3.05, 3.63) is 80.7 Å². The number of rotatable bonds is 8. The normalized spacial score (nSPS) is 10.8. The molecule has 0 saturated heterocycles. The highest BCUT2D eigenvalue weighted by Gasteiger charge is 2.16. The van der Waals surface area contributed by atoms with E-state index >= 15 is 0 Å². The predicted molar refractivity (Wildman–Crippen MR) is 142 cm³/mol. The Morgan fingerprint density at radius 2 is 1.00 bits per heavy atom. The molecule has 0 saturated carbocycles. The second-order valence-corrected chi connectivity index (χ2v) is 9.93. The summed E-state index contributed by atoms with van der Waals surface area (Å²) in [5.74, 6) is 0.428. The molecule has 0 spiro atoms. The first-order valence-corrected chi connectivity index (χ1v) is 12.4. The van der Waals surface area contributed by atoms with Crippen LogP contribution in [-0.4, -0.2) is 24.0 Å². The summed E-state index contributed by atoms with van der Waals surface area (Å²) >= 11 is 6.81. The molecule has 0 atom stereocenters. The molecular formula is C26H26Br2N2O4. The standard InChI is InChI=1S/C26H26Br2N2O4/c1-15(2)33-23-11-5-17(27)13-21(23)25(31)29-19-7-9-20(10-8-19)30-26(32)22-14-18(28)6-12-24(22)34-16(3)4/h5-16H,1-4H3,(H,29,31)(H,30,32). The lowest BCUT2D eigenvalue weighted by Crippen LogP contribution is -2.16. The minimum absolute atomic E-state index is 0.0627. The summed E-state index contributed by atoms with van der Waals surface area (Å²) < 4.78 is 13.1. The van der Waals surface area contributed by atoms with Gasteiger partial charge in [-0.25, -0.2) is 0 Å². The first-order valence-electron chi connectivity index (χ1n) is 10.8. The van der Waals surface area contributed by atoms with E-state index in [2.05, 4.69) is 42.5 Å². The van der Waals surface area contributed by atoms with Crippen molar-refractivity contribution in [2.75, 3.05) is 10.6 Å². The Balaban J connectivity index is 1.72. The molecule has 34 heavy (non-hydrogen) atoms. The van der Waals surface area contributed by atoms with Gasteiger partial charge in [-0.05, 0) is 88.4 Å². The zero-order chi connectivity index (χ0) is 24.8. The maximum Gasteiger partial charge on any atom is 0.259 e. The molecule has 3 rings (SSSR count). The van der Waals surface area contributed by atoms with Gasteiger partial charge >= 0.3 is 0 Å². The van der Waals surface area contributed by atoms with Gasteiger partial charge in [-0.1, -0.05) is 31.9 Å². The van der Waals surface area contributed by atoms with Crippen molar-refractivity contribution < 1.29 is 19.1 Å². The minimum Gasteiger partial charge on any atom is -0.490 e. The van der Waals surface area contributed by atoms with Crippen LogP contribution in [0, 0.1) is 0 Å². The highest BCUT2D eigenvalue weighted by Crippen LogP contribution is 2.27. The van der Waals surface area contributed by atoms with E-state index in [4.69, 9.17) is 9.47 Å². The van der Waals surface area contributed by atoms with Gasteiger partial charge in [0.1, 0.15) is 11.5 Å². The molecule has 0 aliphatic rings. The molecule has 2 amide bonds. The van der Waals surface area contributed by atoms with E-state index in [1.807, 2.05) is 39.8 Å². The molecule has 3 aromatic rings. The predicted octanol–water partition coefficient (Wildman–Crippen LogP) is 7.29. The Morgan fingerprint density at radius 1 is 0.647 bits per heavy atom. The van der Waals surface area contributed by atoms with E-state index in [1.54, 1.807) is 48.5 Å². The number of hydrogen-bond acceptors (Lipinski definition) is 4. The number of carbonyl (C=O) groups is 2. The summed E-state index contributed by atoms with van der Waals surface area (Å²) in [6.07, 6.45) is -0.125. The lowest BCUT2D eigenvalue weighted by Gasteiger charge is -2.15. The molecule has 0 radical (unpaired) electrons. The van der Waals surface area contributed by atoms with Crippen LogP contribution in [0.1, 0.15) is 48.4 Å². The van der Waals surface area contributed by atoms with Crippen LogP contribution in [0.3, 0.4) is 0 Å². The number of hydrogen-bond donors (Lipinski definition) is 2. The van der Waals surface area contributed by atoms with Gasteiger partial charge in [-0.3, -0.25) is 9.59 Å². The number of carbonyl (C=O) groups excluding carboxylic acids is 2. The first-order chi connectivity index (χ1) is 16.1. The lowest BCUT2D eigenvalue weighted by molar-refractivity contribution is 0.101. The fraction of sp³-hybridized carbons (Fsp3) is 0.231. The summed E-state index contributed by atoms with van der Waals surface area (Å²) in [6.45, 7) is 7.62. The molecule has 8 heteroatoms. The highest BCUT2D eigenvalue weighted by atomic mass is 79.9. The summed E-state index contributed by atoms with van der Waals surface area (Å²) in [5.41, 5.74) is 2.02. The molecular weight excluding hydrogens is 564 g/mol.